The molecule has 0 atom stereocenters. The maximum absolute atomic E-state index is 13.2. The first-order valence-corrected chi connectivity index (χ1v) is 11.0. The first-order valence-electron chi connectivity index (χ1n) is 10.6. The minimum atomic E-state index is -0.325. The van der Waals surface area contributed by atoms with E-state index in [1.54, 1.807) is 35.0 Å². The molecule has 0 amide bonds. The third-order valence-corrected chi connectivity index (χ3v) is 6.26. The van der Waals surface area contributed by atoms with Gasteiger partial charge in [-0.3, -0.25) is 9.36 Å². The van der Waals surface area contributed by atoms with Gasteiger partial charge < -0.3 is 9.15 Å². The van der Waals surface area contributed by atoms with E-state index in [0.717, 1.165) is 41.8 Å². The summed E-state index contributed by atoms with van der Waals surface area (Å²) in [7, 11) is 0. The van der Waals surface area contributed by atoms with Crippen LogP contribution in [0.25, 0.3) is 28.0 Å². The van der Waals surface area contributed by atoms with E-state index in [0.29, 0.717) is 28.4 Å². The number of benzene rings is 2. The summed E-state index contributed by atoms with van der Waals surface area (Å²) in [5.41, 5.74) is 2.68. The molecule has 5 rings (SSSR count). The van der Waals surface area contributed by atoms with Crippen LogP contribution in [-0.2, 0) is 6.42 Å². The Morgan fingerprint density at radius 1 is 1.16 bits per heavy atom. The fourth-order valence-corrected chi connectivity index (χ4v) is 3.91. The van der Waals surface area contributed by atoms with Crippen molar-refractivity contribution in [1.82, 2.24) is 4.57 Å². The number of aromatic nitrogens is 1. The van der Waals surface area contributed by atoms with Crippen LogP contribution < -0.4 is 10.3 Å². The molecule has 5 nitrogen and oxygen atoms in total. The number of pyridine rings is 1. The maximum Gasteiger partial charge on any atom is 0.266 e. The summed E-state index contributed by atoms with van der Waals surface area (Å²) in [6.45, 7) is 2.45. The van der Waals surface area contributed by atoms with E-state index in [1.165, 1.54) is 0 Å². The topological polar surface area (TPSA) is 68.2 Å². The average molecular weight is 445 g/mol. The highest BCUT2D eigenvalue weighted by Crippen LogP contribution is 2.45. The van der Waals surface area contributed by atoms with Gasteiger partial charge in [0, 0.05) is 22.5 Å². The quantitative estimate of drug-likeness (QED) is 0.357. The highest BCUT2D eigenvalue weighted by Gasteiger charge is 2.44. The summed E-state index contributed by atoms with van der Waals surface area (Å²) in [6, 6.07) is 19.0. The minimum Gasteiger partial charge on any atom is -0.492 e. The molecule has 0 radical (unpaired) electrons. The van der Waals surface area contributed by atoms with E-state index in [9.17, 15) is 10.1 Å². The molecule has 2 aromatic heterocycles. The van der Waals surface area contributed by atoms with E-state index in [-0.39, 0.29) is 11.0 Å². The van der Waals surface area contributed by atoms with Crippen molar-refractivity contribution in [2.24, 2.45) is 5.41 Å². The lowest BCUT2D eigenvalue weighted by molar-refractivity contribution is 0.266. The van der Waals surface area contributed by atoms with Gasteiger partial charge in [-0.15, -0.1) is 0 Å². The fourth-order valence-electron chi connectivity index (χ4n) is 3.78. The zero-order valence-corrected chi connectivity index (χ0v) is 18.4. The second kappa shape index (κ2) is 7.89. The number of ether oxygens (including phenoxy) is 1. The first kappa shape index (κ1) is 20.4. The molecular weight excluding hydrogens is 424 g/mol. The Hall–Kier alpha value is -3.49. The van der Waals surface area contributed by atoms with Crippen LogP contribution in [0.5, 0.6) is 5.75 Å². The van der Waals surface area contributed by atoms with Gasteiger partial charge in [-0.2, -0.15) is 5.26 Å². The van der Waals surface area contributed by atoms with Crippen LogP contribution in [0.1, 0.15) is 25.3 Å². The van der Waals surface area contributed by atoms with Gasteiger partial charge in [0.1, 0.15) is 23.7 Å². The largest absolute Gasteiger partial charge is 0.492 e. The predicted molar refractivity (Wildman–Crippen MR) is 124 cm³/mol. The van der Waals surface area contributed by atoms with Gasteiger partial charge in [-0.1, -0.05) is 18.5 Å². The van der Waals surface area contributed by atoms with Crippen LogP contribution in [0.3, 0.4) is 0 Å². The Balaban J connectivity index is 1.48. The number of rotatable bonds is 6. The lowest BCUT2D eigenvalue weighted by Crippen LogP contribution is -2.17. The Labute approximate surface area is 190 Å². The molecule has 0 unspecified atom stereocenters. The normalized spacial score (nSPS) is 14.3. The monoisotopic (exact) mass is 444 g/mol. The number of aryl methyl sites for hydroxylation is 1. The van der Waals surface area contributed by atoms with Crippen LogP contribution in [-0.4, -0.2) is 11.2 Å². The molecule has 0 saturated heterocycles. The van der Waals surface area contributed by atoms with Crippen molar-refractivity contribution in [3.8, 4) is 28.8 Å². The molecule has 4 aromatic rings. The van der Waals surface area contributed by atoms with E-state index < -0.39 is 0 Å². The van der Waals surface area contributed by atoms with Crippen molar-refractivity contribution in [1.29, 1.82) is 5.26 Å². The number of nitriles is 1. The van der Waals surface area contributed by atoms with Crippen LogP contribution in [0.4, 0.5) is 0 Å². The molecule has 0 aliphatic heterocycles. The van der Waals surface area contributed by atoms with Gasteiger partial charge in [0.2, 0.25) is 0 Å². The van der Waals surface area contributed by atoms with Gasteiger partial charge in [0.15, 0.2) is 0 Å². The second-order valence-electron chi connectivity index (χ2n) is 8.21. The summed E-state index contributed by atoms with van der Waals surface area (Å²) in [4.78, 5) is 13.2. The van der Waals surface area contributed by atoms with Crippen LogP contribution in [0.2, 0.25) is 5.02 Å². The highest BCUT2D eigenvalue weighted by atomic mass is 35.5. The smallest absolute Gasteiger partial charge is 0.266 e. The Morgan fingerprint density at radius 2 is 1.94 bits per heavy atom. The molecule has 6 heteroatoms. The standard InChI is InChI=1S/C26H21ClN2O3/c1-2-17-13-20(7-8-22(17)31-16-26(15-28)10-11-26)29-12-9-23-21(25(29)30)14-24(32-23)18-3-5-19(27)6-4-18/h3-9,12-14H,2,10-11,16H2,1H3. The minimum absolute atomic E-state index is 0.149. The Bertz CT molecular complexity index is 1410. The van der Waals surface area contributed by atoms with Gasteiger partial charge in [0.25, 0.3) is 5.56 Å². The molecule has 0 bridgehead atoms. The first-order chi connectivity index (χ1) is 15.5. The molecule has 1 aliphatic carbocycles. The second-order valence-corrected chi connectivity index (χ2v) is 8.65. The number of hydrogen-bond acceptors (Lipinski definition) is 4. The van der Waals surface area contributed by atoms with E-state index in [2.05, 4.69) is 6.07 Å². The Kier molecular flexibility index (Phi) is 5.03. The number of halogens is 1. The van der Waals surface area contributed by atoms with Crippen molar-refractivity contribution in [3.63, 3.8) is 0 Å². The summed E-state index contributed by atoms with van der Waals surface area (Å²) in [5.74, 6) is 1.39. The lowest BCUT2D eigenvalue weighted by atomic mass is 10.1. The lowest BCUT2D eigenvalue weighted by Gasteiger charge is -2.15. The molecule has 1 saturated carbocycles. The van der Waals surface area contributed by atoms with Crippen LogP contribution >= 0.6 is 11.6 Å². The van der Waals surface area contributed by atoms with Crippen molar-refractivity contribution < 1.29 is 9.15 Å². The van der Waals surface area contributed by atoms with Crippen molar-refractivity contribution in [2.45, 2.75) is 26.2 Å². The van der Waals surface area contributed by atoms with Crippen molar-refractivity contribution in [2.75, 3.05) is 6.61 Å². The van der Waals surface area contributed by atoms with Gasteiger partial charge >= 0.3 is 0 Å². The van der Waals surface area contributed by atoms with Gasteiger partial charge in [0.05, 0.1) is 16.9 Å². The summed E-state index contributed by atoms with van der Waals surface area (Å²) >= 11 is 5.97. The van der Waals surface area contributed by atoms with Crippen molar-refractivity contribution in [3.05, 3.63) is 81.7 Å². The van der Waals surface area contributed by atoms with E-state index in [4.69, 9.17) is 20.8 Å². The third-order valence-electron chi connectivity index (χ3n) is 6.01. The molecule has 160 valence electrons. The Morgan fingerprint density at radius 3 is 2.62 bits per heavy atom. The molecule has 1 aliphatic rings. The predicted octanol–water partition coefficient (Wildman–Crippen LogP) is 6.15. The number of fused-ring (bicyclic) bond motifs is 1. The van der Waals surface area contributed by atoms with Gasteiger partial charge in [-0.05, 0) is 79.4 Å². The molecule has 2 heterocycles. The van der Waals surface area contributed by atoms with E-state index in [1.807, 2.05) is 37.3 Å². The van der Waals surface area contributed by atoms with Gasteiger partial charge in [-0.25, -0.2) is 0 Å². The number of nitrogens with zero attached hydrogens (tertiary/aromatic N) is 2. The molecule has 2 aromatic carbocycles. The SMILES string of the molecule is CCc1cc(-n2ccc3oc(-c4ccc(Cl)cc4)cc3c2=O)ccc1OCC1(C#N)CC1. The summed E-state index contributed by atoms with van der Waals surface area (Å²) in [6.07, 6.45) is 4.26. The van der Waals surface area contributed by atoms with E-state index >= 15 is 0 Å². The molecule has 32 heavy (non-hydrogen) atoms. The van der Waals surface area contributed by atoms with Crippen molar-refractivity contribution >= 4 is 22.6 Å². The summed E-state index contributed by atoms with van der Waals surface area (Å²) in [5, 5.41) is 10.4. The number of furan rings is 1. The molecule has 0 N–H and O–H groups in total. The number of hydrogen-bond donors (Lipinski definition) is 0. The molecular formula is C26H21ClN2O3. The summed E-state index contributed by atoms with van der Waals surface area (Å²) < 4.78 is 13.5. The molecule has 1 fully saturated rings. The third kappa shape index (κ3) is 3.68. The average Bonchev–Trinajstić information content (AvgIpc) is 3.47. The molecule has 0 spiro atoms. The van der Waals surface area contributed by atoms with Crippen LogP contribution in [0, 0.1) is 16.7 Å². The zero-order chi connectivity index (χ0) is 22.3. The highest BCUT2D eigenvalue weighted by molar-refractivity contribution is 6.30. The van der Waals surface area contributed by atoms with Crippen LogP contribution in [0.15, 0.2) is 70.0 Å². The zero-order valence-electron chi connectivity index (χ0n) is 17.6. The fraction of sp³-hybridized carbons (Fsp3) is 0.231. The maximum atomic E-state index is 13.2.